The van der Waals surface area contributed by atoms with Crippen molar-refractivity contribution < 1.29 is 96.2 Å². The molecule has 4 aromatic heterocycles. The van der Waals surface area contributed by atoms with Crippen LogP contribution in [0.15, 0.2) is 267 Å². The topological polar surface area (TPSA) is 102 Å². The van der Waals surface area contributed by atoms with Gasteiger partial charge >= 0.3 is 0 Å². The van der Waals surface area contributed by atoms with Crippen LogP contribution in [0.3, 0.4) is 0 Å². The molecule has 2 N–H and O–H groups in total. The van der Waals surface area contributed by atoms with Crippen LogP contribution in [-0.4, -0.2) is 39.3 Å². The largest absolute Gasteiger partial charge is 0.507 e. The van der Waals surface area contributed by atoms with Crippen molar-refractivity contribution in [1.29, 1.82) is 0 Å². The number of hydrogen-bond donors (Lipinski definition) is 2. The third-order valence-electron chi connectivity index (χ3n) is 23.2. The Bertz CT molecular complexity index is 8340. The van der Waals surface area contributed by atoms with Crippen LogP contribution in [0.25, 0.3) is 145 Å². The van der Waals surface area contributed by atoms with E-state index >= 15 is 0 Å². The van der Waals surface area contributed by atoms with Gasteiger partial charge in [0.05, 0.1) is 63.8 Å². The molecule has 0 saturated heterocycles. The summed E-state index contributed by atoms with van der Waals surface area (Å²) in [6.45, 7) is 15.4. The first-order chi connectivity index (χ1) is 73.2. The predicted molar refractivity (Wildman–Crippen MR) is 537 cm³/mol. The summed E-state index contributed by atoms with van der Waals surface area (Å²) in [5.41, 5.74) is 1.96. The van der Waals surface area contributed by atoms with Crippen LogP contribution in [-0.2, 0) is 86.5 Å². The molecule has 8 nitrogen and oxygen atoms in total. The van der Waals surface area contributed by atoms with Crippen molar-refractivity contribution in [3.8, 4) is 135 Å². The third kappa shape index (κ3) is 20.3. The second kappa shape index (κ2) is 37.0. The molecule has 0 aliphatic rings. The van der Waals surface area contributed by atoms with Gasteiger partial charge in [-0.25, -0.2) is 9.97 Å². The Hall–Kier alpha value is -11.1. The van der Waals surface area contributed by atoms with E-state index < -0.39 is 192 Å². The van der Waals surface area contributed by atoms with Crippen LogP contribution >= 0.6 is 0 Å². The Morgan fingerprint density at radius 3 is 1.15 bits per heavy atom. The van der Waals surface area contributed by atoms with Gasteiger partial charge in [-0.15, -0.1) is 58.7 Å². The number of aryl methyl sites for hydroxylation is 2. The number of pyridine rings is 2. The van der Waals surface area contributed by atoms with Crippen molar-refractivity contribution in [2.75, 3.05) is 0 Å². The third-order valence-corrected chi connectivity index (χ3v) is 23.2. The van der Waals surface area contributed by atoms with E-state index in [0.29, 0.717) is 84.1 Å². The molecule has 0 aliphatic heterocycles. The van der Waals surface area contributed by atoms with E-state index in [1.807, 2.05) is 206 Å². The van der Waals surface area contributed by atoms with E-state index in [1.54, 1.807) is 12.1 Å². The molecule has 16 aromatic rings. The molecule has 16 rings (SSSR count). The minimum atomic E-state index is -3.93. The van der Waals surface area contributed by atoms with Crippen LogP contribution in [0.2, 0.25) is 0 Å². The summed E-state index contributed by atoms with van der Waals surface area (Å²) >= 11 is 0. The van der Waals surface area contributed by atoms with Crippen LogP contribution in [0.4, 0.5) is 0 Å². The van der Waals surface area contributed by atoms with Gasteiger partial charge in [0.25, 0.3) is 0 Å². The summed E-state index contributed by atoms with van der Waals surface area (Å²) in [6, 6.07) is 53.7. The van der Waals surface area contributed by atoms with Crippen molar-refractivity contribution in [3.05, 3.63) is 335 Å². The molecule has 0 amide bonds. The van der Waals surface area contributed by atoms with E-state index in [0.717, 1.165) is 79.9 Å². The Balaban J connectivity index is 0.000000262. The van der Waals surface area contributed by atoms with Crippen molar-refractivity contribution in [2.24, 2.45) is 5.92 Å². The fourth-order valence-corrected chi connectivity index (χ4v) is 15.9. The molecule has 12 aromatic carbocycles. The first-order valence-corrected chi connectivity index (χ1v) is 42.7. The second-order valence-electron chi connectivity index (χ2n) is 38.2. The quantitative estimate of drug-likeness (QED) is 0.0935. The number of fused-ring (bicyclic) bond motifs is 2. The molecular weight excluding hydrogens is 1940 g/mol. The van der Waals surface area contributed by atoms with Gasteiger partial charge in [-0.2, -0.15) is 0 Å². The predicted octanol–water partition coefficient (Wildman–Crippen LogP) is 31.8. The second-order valence-corrected chi connectivity index (χ2v) is 38.2. The van der Waals surface area contributed by atoms with Crippen molar-refractivity contribution >= 4 is 22.1 Å². The average molecular weight is 2090 g/mol. The number of nitrogens with zero attached hydrogens (tertiary/aromatic N) is 6. The molecule has 0 unspecified atom stereocenters. The first kappa shape index (κ1) is 61.4. The van der Waals surface area contributed by atoms with Crippen LogP contribution in [0, 0.1) is 31.9 Å². The zero-order chi connectivity index (χ0) is 118. The van der Waals surface area contributed by atoms with Gasteiger partial charge in [-0.3, -0.25) is 19.1 Å². The summed E-state index contributed by atoms with van der Waals surface area (Å²) in [7, 11) is 0. The smallest absolute Gasteiger partial charge is 0.148 e. The number of aromatic nitrogens is 6. The minimum absolute atomic E-state index is 0. The van der Waals surface area contributed by atoms with Gasteiger partial charge < -0.3 is 10.2 Å². The average Bonchev–Trinajstić information content (AvgIpc) is 1.31. The van der Waals surface area contributed by atoms with Gasteiger partial charge in [0, 0.05) is 113 Å². The zero-order valence-corrected chi connectivity index (χ0v) is 80.6. The normalized spacial score (nSPS) is 16.5. The fraction of sp³-hybridized carbons (Fsp3) is 0.294. The number of phenolic OH excluding ortho intramolecular Hbond substituents is 2. The molecular formula is C119H126N6O2Pt2-2. The molecule has 10 heteroatoms. The van der Waals surface area contributed by atoms with E-state index in [1.165, 1.54) is 0 Å². The van der Waals surface area contributed by atoms with Crippen LogP contribution in [0.5, 0.6) is 11.5 Å². The van der Waals surface area contributed by atoms with E-state index in [-0.39, 0.29) is 81.6 Å². The van der Waals surface area contributed by atoms with Gasteiger partial charge in [0.1, 0.15) is 23.1 Å². The molecule has 0 saturated carbocycles. The fourth-order valence-electron chi connectivity index (χ4n) is 15.9. The maximum absolute atomic E-state index is 12.4. The van der Waals surface area contributed by atoms with Crippen molar-refractivity contribution in [1.82, 2.24) is 29.1 Å². The maximum Gasteiger partial charge on any atom is 0.148 e. The van der Waals surface area contributed by atoms with E-state index in [2.05, 4.69) is 127 Å². The molecule has 666 valence electrons. The molecule has 0 aliphatic carbocycles. The van der Waals surface area contributed by atoms with Gasteiger partial charge in [-0.1, -0.05) is 351 Å². The standard InChI is InChI=1S/C60H64N3O.C59H62N3O.2Pt/c1-14-60(12,13)45-27-28-52(48(37-45)40-19-16-15-17-20-40)63-53-22-18-21-47(54(53)62-56(63)49-31-38(2)32-50(55(49)64)59(9,10)11)42-33-43(35-46(34-42)58(6,7)8)51-36-41(29-30-61-51)39-23-25-44(26-24-39)57(3,4)5;1-37(2)29-39-21-26-52(48(32-39)41-17-14-13-15-18-41)62-53-20-16-19-47(54(53)61-56(62)49-30-38(3)31-50(55(49)63)59(10,11)12)43-33-44(35-46(34-43)58(7,8)9)51-36-42(27-28-60-51)40-22-24-45(25-23-40)57(4,5)6;;/h15-32,34-37,64H,14H2,1-13H3;13-28,30-32,34-37,63H,29H2,1-12H3;;/q2*-1;;/i3D3,4D3,5D3,23D,24D,25D,26D,29D,30D,36D;4D3,5D3,6D3,22D,23D,24D,25D,27D,28D,36D;;. The zero-order valence-electron chi connectivity index (χ0n) is 108. The van der Waals surface area contributed by atoms with Gasteiger partial charge in [0.15, 0.2) is 0 Å². The Morgan fingerprint density at radius 2 is 0.767 bits per heavy atom. The Labute approximate surface area is 841 Å². The summed E-state index contributed by atoms with van der Waals surface area (Å²) in [5, 5.41) is 24.8. The van der Waals surface area contributed by atoms with Crippen LogP contribution < -0.4 is 0 Å². The minimum Gasteiger partial charge on any atom is -0.507 e. The molecule has 0 bridgehead atoms. The van der Waals surface area contributed by atoms with E-state index in [9.17, 15) is 15.7 Å². The maximum atomic E-state index is 12.4. The van der Waals surface area contributed by atoms with Gasteiger partial charge in [0.2, 0.25) is 0 Å². The molecule has 0 spiro atoms. The SMILES string of the molecule is [2H]c1nc(-c2[c-]c(-c3cccc4c3nc(-c3cc(C)cc(C(C)(C)C)c3O)n4-c3ccc(C(C)(C)CC)cc3-c3ccccc3)cc(C(C)(C)C)c2)c([2H])c(-c2c([2H])c([2H])c(C(C([2H])([2H])[2H])(C([2H])([2H])[2H])C([2H])([2H])[2H])c([2H])c2[2H])c1[2H].[2H]c1nc(-c2[c-]c(-c3cccc4c3nc(-c3cc(C)cc(C(C)(C)C)c3O)n4-c3ccc(CC(C)C)cc3-c3ccccc3)cc(C(C)(C)C)c2)c([2H])c(-c2c([2H])c([2H])c(C(C([2H])([2H])[2H])(C([2H])([2H])[2H])C([2H])([2H])[2H])c([2H])c2[2H])c1[2H].[Pt].[Pt]. The number of aromatic hydroxyl groups is 2. The monoisotopic (exact) mass is 2090 g/mol. The number of phenols is 2. The van der Waals surface area contributed by atoms with Crippen molar-refractivity contribution in [3.63, 3.8) is 0 Å². The summed E-state index contributed by atoms with van der Waals surface area (Å²) in [4.78, 5) is 19.7. The molecule has 4 heterocycles. The molecule has 0 atom stereocenters. The molecule has 0 fully saturated rings. The summed E-state index contributed by atoms with van der Waals surface area (Å²) < 4.78 is 281. The van der Waals surface area contributed by atoms with E-state index in [4.69, 9.17) is 48.3 Å². The number of benzene rings is 12. The summed E-state index contributed by atoms with van der Waals surface area (Å²) in [5.74, 6) is 1.45. The number of hydrogen-bond acceptors (Lipinski definition) is 6. The summed E-state index contributed by atoms with van der Waals surface area (Å²) in [6.07, 6.45) is 0.235. The van der Waals surface area contributed by atoms with Crippen LogP contribution in [0.1, 0.15) is 265 Å². The molecule has 0 radical (unpaired) electrons. The van der Waals surface area contributed by atoms with Crippen molar-refractivity contribution in [2.45, 2.75) is 223 Å². The Kier molecular flexibility index (Phi) is 17.6. The number of rotatable bonds is 16. The number of para-hydroxylation sites is 2. The molecule has 129 heavy (non-hydrogen) atoms. The number of imidazole rings is 2. The van der Waals surface area contributed by atoms with Gasteiger partial charge in [-0.05, 0) is 198 Å². The Morgan fingerprint density at radius 1 is 0.372 bits per heavy atom. The first-order valence-electron chi connectivity index (χ1n) is 58.7.